The van der Waals surface area contributed by atoms with Gasteiger partial charge in [0.1, 0.15) is 22.3 Å². The Morgan fingerprint density at radius 3 is 1.36 bits per heavy atom. The van der Waals surface area contributed by atoms with E-state index in [0.717, 1.165) is 100 Å². The second-order valence-electron chi connectivity index (χ2n) is 17.8. The van der Waals surface area contributed by atoms with E-state index in [9.17, 15) is 0 Å². The molecule has 0 saturated carbocycles. The maximum Gasteiger partial charge on any atom is 0.143 e. The minimum Gasteiger partial charge on any atom is -0.455 e. The van der Waals surface area contributed by atoms with Gasteiger partial charge < -0.3 is 13.7 Å². The van der Waals surface area contributed by atoms with Gasteiger partial charge in [-0.2, -0.15) is 0 Å². The SMILES string of the molecule is CC1(c2ccccc2)C=CC(c2ccc(N(c3ccc(-c4cccc5oc6c7ccccc7ccc6c45)cc3)c3ccc(-c4cccc5oc6c7ccccc7ccc6c45)cc3)cc2)=CC1. The van der Waals surface area contributed by atoms with Crippen LogP contribution in [0.2, 0.25) is 0 Å². The number of hydrogen-bond acceptors (Lipinski definition) is 3. The number of anilines is 3. The molecule has 0 N–H and O–H groups in total. The molecule has 13 rings (SSSR count). The largest absolute Gasteiger partial charge is 0.455 e. The van der Waals surface area contributed by atoms with Gasteiger partial charge in [0.05, 0.1) is 0 Å². The fraction of sp³-hybridized carbons (Fsp3) is 0.0476. The van der Waals surface area contributed by atoms with E-state index in [1.807, 2.05) is 0 Å². The van der Waals surface area contributed by atoms with Crippen LogP contribution in [0, 0.1) is 0 Å². The van der Waals surface area contributed by atoms with E-state index in [1.165, 1.54) is 27.5 Å². The van der Waals surface area contributed by atoms with E-state index in [0.29, 0.717) is 0 Å². The topological polar surface area (TPSA) is 29.5 Å². The molecule has 0 aliphatic heterocycles. The number of fused-ring (bicyclic) bond motifs is 10. The van der Waals surface area contributed by atoms with Crippen LogP contribution in [-0.2, 0) is 5.41 Å². The average molecular weight is 846 g/mol. The lowest BCUT2D eigenvalue weighted by atomic mass is 9.75. The second-order valence-corrected chi connectivity index (χ2v) is 17.8. The molecule has 1 aliphatic carbocycles. The summed E-state index contributed by atoms with van der Waals surface area (Å²) in [5.41, 5.74) is 15.2. The minimum absolute atomic E-state index is 0.0188. The standard InChI is InChI=1S/C63H43NO2/c1-63(47-13-3-2-4-14-47)39-37-42(38-40-63)41-21-29-48(30-22-41)64(49-31-23-45(24-32-49)51-17-9-19-57-59(51)55-35-27-43-11-5-7-15-53(43)61(55)65-57)50-33-25-46(26-34-50)52-18-10-20-58-60(52)56-36-28-44-12-6-8-16-54(44)62(56)66-58/h2-39H,40H2,1H3. The number of nitrogens with zero attached hydrogens (tertiary/aromatic N) is 1. The van der Waals surface area contributed by atoms with Crippen LogP contribution in [-0.4, -0.2) is 0 Å². The Labute approximate surface area is 382 Å². The zero-order valence-electron chi connectivity index (χ0n) is 36.4. The van der Waals surface area contributed by atoms with Gasteiger partial charge in [-0.3, -0.25) is 0 Å². The van der Waals surface area contributed by atoms with Gasteiger partial charge in [0.15, 0.2) is 0 Å². The Morgan fingerprint density at radius 2 is 0.879 bits per heavy atom. The summed E-state index contributed by atoms with van der Waals surface area (Å²) in [6.45, 7) is 2.32. The Hall–Kier alpha value is -8.40. The maximum atomic E-state index is 6.57. The van der Waals surface area contributed by atoms with E-state index in [4.69, 9.17) is 8.83 Å². The molecule has 1 atom stereocenters. The predicted octanol–water partition coefficient (Wildman–Crippen LogP) is 17.9. The molecule has 0 spiro atoms. The molecule has 0 radical (unpaired) electrons. The quantitative estimate of drug-likeness (QED) is 0.160. The average Bonchev–Trinajstić information content (AvgIpc) is 3.97. The molecule has 0 bridgehead atoms. The van der Waals surface area contributed by atoms with Gasteiger partial charge in [-0.05, 0) is 117 Å². The minimum atomic E-state index is -0.0188. The monoisotopic (exact) mass is 845 g/mol. The Kier molecular flexibility index (Phi) is 8.72. The second kappa shape index (κ2) is 15.1. The summed E-state index contributed by atoms with van der Waals surface area (Å²) in [7, 11) is 0. The van der Waals surface area contributed by atoms with Crippen LogP contribution in [0.3, 0.4) is 0 Å². The van der Waals surface area contributed by atoms with Gasteiger partial charge in [0, 0.05) is 54.8 Å². The maximum absolute atomic E-state index is 6.57. The van der Waals surface area contributed by atoms with Crippen molar-refractivity contribution in [2.75, 3.05) is 4.90 Å². The predicted molar refractivity (Wildman–Crippen MR) is 277 cm³/mol. The van der Waals surface area contributed by atoms with Gasteiger partial charge >= 0.3 is 0 Å². The van der Waals surface area contributed by atoms with E-state index in [-0.39, 0.29) is 5.41 Å². The van der Waals surface area contributed by atoms with Gasteiger partial charge in [-0.25, -0.2) is 0 Å². The molecule has 1 unspecified atom stereocenters. The summed E-state index contributed by atoms with van der Waals surface area (Å²) in [6.07, 6.45) is 7.99. The van der Waals surface area contributed by atoms with Crippen LogP contribution in [0.15, 0.2) is 239 Å². The highest BCUT2D eigenvalue weighted by atomic mass is 16.3. The van der Waals surface area contributed by atoms with Crippen LogP contribution in [0.4, 0.5) is 17.1 Å². The summed E-state index contributed by atoms with van der Waals surface area (Å²) in [5.74, 6) is 0. The molecular weight excluding hydrogens is 803 g/mol. The summed E-state index contributed by atoms with van der Waals surface area (Å²) in [4.78, 5) is 2.36. The number of hydrogen-bond donors (Lipinski definition) is 0. The molecule has 2 heterocycles. The lowest BCUT2D eigenvalue weighted by Crippen LogP contribution is -2.19. The molecule has 1 aliphatic rings. The first-order valence-corrected chi connectivity index (χ1v) is 22.8. The lowest BCUT2D eigenvalue weighted by molar-refractivity contribution is 0.601. The third-order valence-electron chi connectivity index (χ3n) is 13.9. The van der Waals surface area contributed by atoms with Crippen molar-refractivity contribution in [3.8, 4) is 22.3 Å². The van der Waals surface area contributed by atoms with Crippen LogP contribution in [0.25, 0.3) is 93.2 Å². The number of benzene rings is 10. The third-order valence-corrected chi connectivity index (χ3v) is 13.9. The van der Waals surface area contributed by atoms with Gasteiger partial charge in [-0.1, -0.05) is 177 Å². The fourth-order valence-electron chi connectivity index (χ4n) is 10.4. The van der Waals surface area contributed by atoms with Crippen molar-refractivity contribution >= 4 is 88.1 Å². The highest BCUT2D eigenvalue weighted by molar-refractivity contribution is 6.20. The van der Waals surface area contributed by atoms with Crippen molar-refractivity contribution in [3.63, 3.8) is 0 Å². The molecule has 3 nitrogen and oxygen atoms in total. The lowest BCUT2D eigenvalue weighted by Gasteiger charge is -2.29. The molecule has 3 heteroatoms. The van der Waals surface area contributed by atoms with Crippen LogP contribution in [0.5, 0.6) is 0 Å². The van der Waals surface area contributed by atoms with Crippen molar-refractivity contribution in [2.45, 2.75) is 18.8 Å². The van der Waals surface area contributed by atoms with Crippen LogP contribution >= 0.6 is 0 Å². The highest BCUT2D eigenvalue weighted by Crippen LogP contribution is 2.44. The number of allylic oxidation sites excluding steroid dienone is 4. The number of rotatable bonds is 7. The Bertz CT molecular complexity index is 3690. The molecule has 12 aromatic rings. The van der Waals surface area contributed by atoms with E-state index in [1.54, 1.807) is 0 Å². The normalized spacial score (nSPS) is 15.1. The summed E-state index contributed by atoms with van der Waals surface area (Å²) >= 11 is 0. The molecule has 2 aromatic heterocycles. The van der Waals surface area contributed by atoms with E-state index < -0.39 is 0 Å². The van der Waals surface area contributed by atoms with Crippen molar-refractivity contribution in [1.82, 2.24) is 0 Å². The third kappa shape index (κ3) is 6.19. The van der Waals surface area contributed by atoms with Crippen LogP contribution in [0.1, 0.15) is 24.5 Å². The fourth-order valence-corrected chi connectivity index (χ4v) is 10.4. The van der Waals surface area contributed by atoms with Crippen molar-refractivity contribution in [2.24, 2.45) is 0 Å². The summed E-state index contributed by atoms with van der Waals surface area (Å²) in [6, 6.07) is 76.2. The molecule has 0 amide bonds. The van der Waals surface area contributed by atoms with Gasteiger partial charge in [-0.15, -0.1) is 0 Å². The smallest absolute Gasteiger partial charge is 0.143 e. The molecule has 0 saturated heterocycles. The van der Waals surface area contributed by atoms with E-state index >= 15 is 0 Å². The zero-order chi connectivity index (χ0) is 43.8. The van der Waals surface area contributed by atoms with Crippen molar-refractivity contribution in [3.05, 3.63) is 242 Å². The van der Waals surface area contributed by atoms with Gasteiger partial charge in [0.2, 0.25) is 0 Å². The first-order chi connectivity index (χ1) is 32.6. The Balaban J connectivity index is 0.888. The molecular formula is C63H43NO2. The van der Waals surface area contributed by atoms with Gasteiger partial charge in [0.25, 0.3) is 0 Å². The first-order valence-electron chi connectivity index (χ1n) is 22.8. The zero-order valence-corrected chi connectivity index (χ0v) is 36.4. The molecule has 0 fully saturated rings. The van der Waals surface area contributed by atoms with Crippen molar-refractivity contribution in [1.29, 1.82) is 0 Å². The first kappa shape index (κ1) is 38.1. The van der Waals surface area contributed by atoms with E-state index in [2.05, 4.69) is 242 Å². The van der Waals surface area contributed by atoms with Crippen LogP contribution < -0.4 is 4.90 Å². The highest BCUT2D eigenvalue weighted by Gasteiger charge is 2.25. The molecule has 312 valence electrons. The summed E-state index contributed by atoms with van der Waals surface area (Å²) in [5, 5.41) is 9.14. The molecule has 66 heavy (non-hydrogen) atoms. The molecule has 10 aromatic carbocycles. The summed E-state index contributed by atoms with van der Waals surface area (Å²) < 4.78 is 13.1. The van der Waals surface area contributed by atoms with Crippen molar-refractivity contribution < 1.29 is 8.83 Å². The Morgan fingerprint density at radius 1 is 0.409 bits per heavy atom. The number of furan rings is 2.